The van der Waals surface area contributed by atoms with E-state index in [1.165, 1.54) is 5.56 Å². The van der Waals surface area contributed by atoms with Crippen molar-refractivity contribution in [1.29, 1.82) is 0 Å². The van der Waals surface area contributed by atoms with E-state index in [9.17, 15) is 9.59 Å². The third kappa shape index (κ3) is 8.85. The lowest BCUT2D eigenvalue weighted by atomic mass is 9.99. The molecule has 2 saturated heterocycles. The van der Waals surface area contributed by atoms with Crippen LogP contribution in [0.2, 0.25) is 0 Å². The van der Waals surface area contributed by atoms with Gasteiger partial charge in [-0.3, -0.25) is 14.5 Å². The summed E-state index contributed by atoms with van der Waals surface area (Å²) in [4.78, 5) is 38.9. The fourth-order valence-electron chi connectivity index (χ4n) is 7.60. The van der Waals surface area contributed by atoms with Crippen molar-refractivity contribution in [3.63, 3.8) is 0 Å². The first-order valence-corrected chi connectivity index (χ1v) is 19.8. The molecular weight excluding hydrogens is 707 g/mol. The minimum Gasteiger partial charge on any atom is -0.496 e. The summed E-state index contributed by atoms with van der Waals surface area (Å²) in [6.45, 7) is 12.9. The number of pyridine rings is 2. The topological polar surface area (TPSA) is 148 Å². The molecule has 4 N–H and O–H groups in total. The number of carbonyl (C=O) groups excluding carboxylic acids is 2. The minimum atomic E-state index is -0.378. The highest BCUT2D eigenvalue weighted by Crippen LogP contribution is 2.33. The number of nitrogens with one attached hydrogen (secondary N) is 4. The Bertz CT molecular complexity index is 2160. The van der Waals surface area contributed by atoms with E-state index in [0.717, 1.165) is 89.4 Å². The van der Waals surface area contributed by atoms with Gasteiger partial charge in [0.25, 0.3) is 11.8 Å². The number of fused-ring (bicyclic) bond motifs is 1. The number of aryl methyl sites for hydroxylation is 2. The van der Waals surface area contributed by atoms with Gasteiger partial charge in [0.2, 0.25) is 0 Å². The van der Waals surface area contributed by atoms with E-state index in [4.69, 9.17) is 14.5 Å². The van der Waals surface area contributed by atoms with E-state index < -0.39 is 0 Å². The lowest BCUT2D eigenvalue weighted by Gasteiger charge is -2.34. The maximum atomic E-state index is 13.6. The predicted octanol–water partition coefficient (Wildman–Crippen LogP) is 5.33. The Kier molecular flexibility index (Phi) is 12.5. The summed E-state index contributed by atoms with van der Waals surface area (Å²) in [6.07, 6.45) is 4.32. The van der Waals surface area contributed by atoms with Crippen molar-refractivity contribution < 1.29 is 19.1 Å². The van der Waals surface area contributed by atoms with Crippen LogP contribution in [0, 0.1) is 0 Å². The largest absolute Gasteiger partial charge is 0.496 e. The van der Waals surface area contributed by atoms with E-state index in [2.05, 4.69) is 80.4 Å². The molecule has 2 aromatic carbocycles. The quantitative estimate of drug-likeness (QED) is 0.117. The van der Waals surface area contributed by atoms with E-state index in [-0.39, 0.29) is 42.3 Å². The molecule has 0 bridgehead atoms. The minimum absolute atomic E-state index is 0.157. The van der Waals surface area contributed by atoms with E-state index in [0.29, 0.717) is 32.2 Å². The molecule has 3 aromatic heterocycles. The van der Waals surface area contributed by atoms with Gasteiger partial charge in [0.1, 0.15) is 17.1 Å². The first-order chi connectivity index (χ1) is 27.3. The number of hydrogen-bond acceptors (Lipinski definition) is 10. The number of piperazine rings is 1. The molecule has 7 rings (SSSR count). The van der Waals surface area contributed by atoms with Crippen LogP contribution in [-0.4, -0.2) is 88.5 Å². The Morgan fingerprint density at radius 3 is 2.45 bits per heavy atom. The van der Waals surface area contributed by atoms with Crippen molar-refractivity contribution in [2.45, 2.75) is 78.3 Å². The van der Waals surface area contributed by atoms with Gasteiger partial charge >= 0.3 is 0 Å². The molecule has 13 heteroatoms. The standard InChI is InChI=1S/C43H53N9O4/c1-5-36-34(40(48-32-15-19-56-20-16-32)35-26-47-52(6-2)41(35)50-36)25-46-43(54)38-12-8-11-37(49-38)42(53)45-24-29-13-14-39(55-4)33(22-29)31-10-7-9-30(21-31)27-51-18-17-44-23-28(51)3/h7-14,21-22,26,28,32,44H,5-6,15-20,23-25,27H2,1-4H3,(H,45,53)(H,46,54)(H,48,50)/t28-/m0/s1. The molecule has 2 aliphatic heterocycles. The summed E-state index contributed by atoms with van der Waals surface area (Å²) in [5.74, 6) is 0.0110. The maximum absolute atomic E-state index is 13.6. The Morgan fingerprint density at radius 2 is 1.71 bits per heavy atom. The molecule has 1 atom stereocenters. The number of benzene rings is 2. The molecule has 0 unspecified atom stereocenters. The highest BCUT2D eigenvalue weighted by Gasteiger charge is 2.23. The number of ether oxygens (including phenoxy) is 2. The third-order valence-electron chi connectivity index (χ3n) is 10.8. The number of aromatic nitrogens is 4. The molecule has 2 fully saturated rings. The zero-order valence-corrected chi connectivity index (χ0v) is 32.9. The summed E-state index contributed by atoms with van der Waals surface area (Å²) in [6, 6.07) is 20.1. The van der Waals surface area contributed by atoms with Crippen LogP contribution in [0.1, 0.15) is 77.0 Å². The maximum Gasteiger partial charge on any atom is 0.270 e. The number of amides is 2. The second kappa shape index (κ2) is 18.1. The van der Waals surface area contributed by atoms with Crippen molar-refractivity contribution in [3.8, 4) is 16.9 Å². The van der Waals surface area contributed by atoms with E-state index >= 15 is 0 Å². The van der Waals surface area contributed by atoms with Crippen molar-refractivity contribution in [2.75, 3.05) is 45.3 Å². The molecule has 294 valence electrons. The SMILES string of the molecule is CCc1nc2c(cnn2CC)c(NC2CCOCC2)c1CNC(=O)c1cccc(C(=O)NCc2ccc(OC)c(-c3cccc(CN4CCNC[C@@H]4C)c3)c2)n1. The summed E-state index contributed by atoms with van der Waals surface area (Å²) >= 11 is 0. The van der Waals surface area contributed by atoms with Gasteiger partial charge in [-0.15, -0.1) is 0 Å². The van der Waals surface area contributed by atoms with Crippen LogP contribution in [0.4, 0.5) is 5.69 Å². The van der Waals surface area contributed by atoms with Gasteiger partial charge in [-0.25, -0.2) is 14.6 Å². The van der Waals surface area contributed by atoms with Crippen LogP contribution in [0.5, 0.6) is 5.75 Å². The Labute approximate surface area is 328 Å². The van der Waals surface area contributed by atoms with Crippen LogP contribution >= 0.6 is 0 Å². The third-order valence-corrected chi connectivity index (χ3v) is 10.8. The average Bonchev–Trinajstić information content (AvgIpc) is 3.66. The average molecular weight is 760 g/mol. The van der Waals surface area contributed by atoms with Crippen molar-refractivity contribution in [1.82, 2.24) is 40.6 Å². The van der Waals surface area contributed by atoms with Crippen molar-refractivity contribution >= 4 is 28.5 Å². The molecular formula is C43H53N9O4. The zero-order valence-electron chi connectivity index (χ0n) is 32.9. The number of nitrogens with zero attached hydrogens (tertiary/aromatic N) is 5. The van der Waals surface area contributed by atoms with Crippen LogP contribution < -0.4 is 26.0 Å². The van der Waals surface area contributed by atoms with Gasteiger partial charge in [0.15, 0.2) is 5.65 Å². The molecule has 0 saturated carbocycles. The Morgan fingerprint density at radius 1 is 0.946 bits per heavy atom. The van der Waals surface area contributed by atoms with E-state index in [1.807, 2.05) is 29.9 Å². The van der Waals surface area contributed by atoms with Gasteiger partial charge in [-0.2, -0.15) is 5.10 Å². The van der Waals surface area contributed by atoms with Gasteiger partial charge in [-0.1, -0.05) is 37.3 Å². The molecule has 0 radical (unpaired) electrons. The summed E-state index contributed by atoms with van der Waals surface area (Å²) < 4.78 is 13.2. The fraction of sp³-hybridized carbons (Fsp3) is 0.419. The lowest BCUT2D eigenvalue weighted by molar-refractivity contribution is 0.0904. The van der Waals surface area contributed by atoms with Gasteiger partial charge in [0, 0.05) is 87.9 Å². The molecule has 5 heterocycles. The first-order valence-electron chi connectivity index (χ1n) is 19.8. The smallest absolute Gasteiger partial charge is 0.270 e. The summed E-state index contributed by atoms with van der Waals surface area (Å²) in [5, 5.41) is 18.8. The molecule has 0 spiro atoms. The zero-order chi connectivity index (χ0) is 39.0. The Balaban J connectivity index is 1.03. The van der Waals surface area contributed by atoms with Crippen molar-refractivity contribution in [3.05, 3.63) is 101 Å². The highest BCUT2D eigenvalue weighted by atomic mass is 16.5. The van der Waals surface area contributed by atoms with Crippen LogP contribution in [0.3, 0.4) is 0 Å². The number of anilines is 1. The fourth-order valence-corrected chi connectivity index (χ4v) is 7.60. The van der Waals surface area contributed by atoms with Crippen LogP contribution in [-0.2, 0) is 37.3 Å². The van der Waals surface area contributed by atoms with Gasteiger partial charge < -0.3 is 30.7 Å². The van der Waals surface area contributed by atoms with E-state index in [1.54, 1.807) is 25.3 Å². The van der Waals surface area contributed by atoms with Gasteiger partial charge in [0.05, 0.1) is 24.4 Å². The number of hydrogen-bond donors (Lipinski definition) is 4. The lowest BCUT2D eigenvalue weighted by Crippen LogP contribution is -2.49. The number of rotatable bonds is 14. The monoisotopic (exact) mass is 759 g/mol. The molecule has 2 amide bonds. The normalized spacial score (nSPS) is 16.5. The molecule has 5 aromatic rings. The van der Waals surface area contributed by atoms with Crippen LogP contribution in [0.25, 0.3) is 22.2 Å². The Hall–Kier alpha value is -5.37. The molecule has 56 heavy (non-hydrogen) atoms. The first kappa shape index (κ1) is 38.9. The molecule has 0 aliphatic carbocycles. The van der Waals surface area contributed by atoms with Gasteiger partial charge in [-0.05, 0) is 80.1 Å². The summed E-state index contributed by atoms with van der Waals surface area (Å²) in [5.41, 5.74) is 8.06. The van der Waals surface area contributed by atoms with Crippen LogP contribution in [0.15, 0.2) is 66.9 Å². The number of methoxy groups -OCH3 is 1. The predicted molar refractivity (Wildman–Crippen MR) is 218 cm³/mol. The second-order valence-electron chi connectivity index (χ2n) is 14.5. The summed E-state index contributed by atoms with van der Waals surface area (Å²) in [7, 11) is 1.67. The highest BCUT2D eigenvalue weighted by molar-refractivity contribution is 5.97. The van der Waals surface area contributed by atoms with Crippen molar-refractivity contribution in [2.24, 2.45) is 0 Å². The molecule has 2 aliphatic rings. The molecule has 13 nitrogen and oxygen atoms in total. The number of carbonyl (C=O) groups is 2. The second-order valence-corrected chi connectivity index (χ2v) is 14.5.